The Bertz CT molecular complexity index is 520. The van der Waals surface area contributed by atoms with Crippen molar-refractivity contribution < 1.29 is 9.53 Å². The average molecular weight is 244 g/mol. The molecule has 0 aliphatic heterocycles. The van der Waals surface area contributed by atoms with Gasteiger partial charge in [-0.05, 0) is 12.0 Å². The fourth-order valence-corrected chi connectivity index (χ4v) is 1.87. The van der Waals surface area contributed by atoms with E-state index in [9.17, 15) is 4.79 Å². The number of esters is 1. The molecule has 1 atom stereocenters. The summed E-state index contributed by atoms with van der Waals surface area (Å²) >= 11 is 0. The van der Waals surface area contributed by atoms with Crippen molar-refractivity contribution in [2.24, 2.45) is 0 Å². The minimum absolute atomic E-state index is 0.228. The SMILES string of the molecule is COC(=O)c1cnc([C@@H](C)Cc2ccccc2)[nH]1. The molecule has 1 N–H and O–H groups in total. The molecule has 18 heavy (non-hydrogen) atoms. The third-order valence-electron chi connectivity index (χ3n) is 2.85. The predicted molar refractivity (Wildman–Crippen MR) is 68.5 cm³/mol. The number of aromatic nitrogens is 2. The molecule has 1 heterocycles. The Labute approximate surface area is 106 Å². The maximum atomic E-state index is 11.3. The van der Waals surface area contributed by atoms with Crippen molar-refractivity contribution in [1.82, 2.24) is 9.97 Å². The van der Waals surface area contributed by atoms with Crippen molar-refractivity contribution in [2.45, 2.75) is 19.3 Å². The van der Waals surface area contributed by atoms with E-state index in [-0.39, 0.29) is 11.9 Å². The molecule has 0 bridgehead atoms. The maximum Gasteiger partial charge on any atom is 0.356 e. The number of hydrogen-bond acceptors (Lipinski definition) is 3. The lowest BCUT2D eigenvalue weighted by atomic mass is 10.0. The van der Waals surface area contributed by atoms with Crippen LogP contribution in [0, 0.1) is 0 Å². The minimum Gasteiger partial charge on any atom is -0.464 e. The van der Waals surface area contributed by atoms with Gasteiger partial charge in [0.1, 0.15) is 11.5 Å². The van der Waals surface area contributed by atoms with E-state index >= 15 is 0 Å². The van der Waals surface area contributed by atoms with Crippen LogP contribution in [0.2, 0.25) is 0 Å². The zero-order chi connectivity index (χ0) is 13.0. The highest BCUT2D eigenvalue weighted by molar-refractivity contribution is 5.86. The van der Waals surface area contributed by atoms with Crippen LogP contribution in [0.5, 0.6) is 0 Å². The van der Waals surface area contributed by atoms with Gasteiger partial charge in [0.25, 0.3) is 0 Å². The second kappa shape index (κ2) is 5.49. The first-order valence-electron chi connectivity index (χ1n) is 5.88. The molecule has 0 fully saturated rings. The number of ether oxygens (including phenoxy) is 1. The Morgan fingerprint density at radius 1 is 1.39 bits per heavy atom. The monoisotopic (exact) mass is 244 g/mol. The number of carbonyl (C=O) groups is 1. The Hall–Kier alpha value is -2.10. The number of aromatic amines is 1. The Kier molecular flexibility index (Phi) is 3.77. The van der Waals surface area contributed by atoms with Crippen LogP contribution in [0.4, 0.5) is 0 Å². The molecule has 0 aliphatic carbocycles. The number of methoxy groups -OCH3 is 1. The van der Waals surface area contributed by atoms with Gasteiger partial charge in [0.2, 0.25) is 0 Å². The molecule has 0 radical (unpaired) electrons. The number of H-pyrrole nitrogens is 1. The second-order valence-corrected chi connectivity index (χ2v) is 4.26. The first kappa shape index (κ1) is 12.4. The van der Waals surface area contributed by atoms with Crippen molar-refractivity contribution in [2.75, 3.05) is 7.11 Å². The normalized spacial score (nSPS) is 12.1. The van der Waals surface area contributed by atoms with Gasteiger partial charge in [0.15, 0.2) is 0 Å². The van der Waals surface area contributed by atoms with Crippen molar-refractivity contribution in [3.8, 4) is 0 Å². The summed E-state index contributed by atoms with van der Waals surface area (Å²) in [6.45, 7) is 2.08. The molecule has 94 valence electrons. The fourth-order valence-electron chi connectivity index (χ4n) is 1.87. The highest BCUT2D eigenvalue weighted by atomic mass is 16.5. The van der Waals surface area contributed by atoms with Crippen LogP contribution in [0.1, 0.15) is 34.7 Å². The van der Waals surface area contributed by atoms with Gasteiger partial charge >= 0.3 is 5.97 Å². The molecule has 0 aliphatic rings. The van der Waals surface area contributed by atoms with Crippen LogP contribution in [0.3, 0.4) is 0 Å². The van der Waals surface area contributed by atoms with Crippen molar-refractivity contribution in [1.29, 1.82) is 0 Å². The summed E-state index contributed by atoms with van der Waals surface area (Å²) in [7, 11) is 1.36. The molecule has 1 aromatic carbocycles. The van der Waals surface area contributed by atoms with Crippen LogP contribution >= 0.6 is 0 Å². The van der Waals surface area contributed by atoms with Crippen LogP contribution in [-0.2, 0) is 11.2 Å². The van der Waals surface area contributed by atoms with E-state index in [0.29, 0.717) is 5.69 Å². The number of rotatable bonds is 4. The molecule has 2 aromatic rings. The van der Waals surface area contributed by atoms with Crippen molar-refractivity contribution in [3.63, 3.8) is 0 Å². The molecule has 0 saturated heterocycles. The third kappa shape index (κ3) is 2.77. The van der Waals surface area contributed by atoms with E-state index < -0.39 is 0 Å². The zero-order valence-corrected chi connectivity index (χ0v) is 10.5. The molecule has 0 saturated carbocycles. The number of imidazole rings is 1. The Balaban J connectivity index is 2.07. The van der Waals surface area contributed by atoms with E-state index in [1.54, 1.807) is 0 Å². The Morgan fingerprint density at radius 2 is 2.11 bits per heavy atom. The molecule has 4 nitrogen and oxygen atoms in total. The topological polar surface area (TPSA) is 55.0 Å². The van der Waals surface area contributed by atoms with Crippen LogP contribution < -0.4 is 0 Å². The number of nitrogens with one attached hydrogen (secondary N) is 1. The third-order valence-corrected chi connectivity index (χ3v) is 2.85. The van der Waals surface area contributed by atoms with Gasteiger partial charge in [-0.15, -0.1) is 0 Å². The number of carbonyl (C=O) groups excluding carboxylic acids is 1. The van der Waals surface area contributed by atoms with E-state index in [1.807, 2.05) is 18.2 Å². The lowest BCUT2D eigenvalue weighted by molar-refractivity contribution is 0.0594. The summed E-state index contributed by atoms with van der Waals surface area (Å²) in [5, 5.41) is 0. The summed E-state index contributed by atoms with van der Waals surface area (Å²) in [6.07, 6.45) is 2.40. The number of nitrogens with zero attached hydrogens (tertiary/aromatic N) is 1. The smallest absolute Gasteiger partial charge is 0.356 e. The predicted octanol–water partition coefficient (Wildman–Crippen LogP) is 2.54. The van der Waals surface area contributed by atoms with Gasteiger partial charge in [-0.2, -0.15) is 0 Å². The summed E-state index contributed by atoms with van der Waals surface area (Å²) in [5.41, 5.74) is 1.65. The largest absolute Gasteiger partial charge is 0.464 e. The van der Waals surface area contributed by atoms with E-state index in [1.165, 1.54) is 18.9 Å². The van der Waals surface area contributed by atoms with Crippen LogP contribution in [-0.4, -0.2) is 23.0 Å². The molecule has 1 aromatic heterocycles. The van der Waals surface area contributed by atoms with E-state index in [0.717, 1.165) is 12.2 Å². The lowest BCUT2D eigenvalue weighted by Gasteiger charge is -2.08. The summed E-state index contributed by atoms with van der Waals surface area (Å²) < 4.78 is 4.64. The molecule has 0 amide bonds. The fraction of sp³-hybridized carbons (Fsp3) is 0.286. The van der Waals surface area contributed by atoms with Gasteiger partial charge in [0, 0.05) is 5.92 Å². The van der Waals surface area contributed by atoms with Crippen LogP contribution in [0.25, 0.3) is 0 Å². The summed E-state index contributed by atoms with van der Waals surface area (Å²) in [5.74, 6) is 0.644. The van der Waals surface area contributed by atoms with Gasteiger partial charge in [-0.1, -0.05) is 37.3 Å². The Morgan fingerprint density at radius 3 is 2.78 bits per heavy atom. The average Bonchev–Trinajstić information content (AvgIpc) is 2.88. The minimum atomic E-state index is -0.388. The van der Waals surface area contributed by atoms with Crippen molar-refractivity contribution >= 4 is 5.97 Å². The molecule has 2 rings (SSSR count). The molecular formula is C14H16N2O2. The van der Waals surface area contributed by atoms with Crippen LogP contribution in [0.15, 0.2) is 36.5 Å². The van der Waals surface area contributed by atoms with E-state index in [2.05, 4.69) is 33.8 Å². The zero-order valence-electron chi connectivity index (χ0n) is 10.5. The van der Waals surface area contributed by atoms with Gasteiger partial charge in [0.05, 0.1) is 13.3 Å². The first-order chi connectivity index (χ1) is 8.70. The summed E-state index contributed by atoms with van der Waals surface area (Å²) in [4.78, 5) is 18.5. The molecule has 0 unspecified atom stereocenters. The lowest BCUT2D eigenvalue weighted by Crippen LogP contribution is -2.04. The second-order valence-electron chi connectivity index (χ2n) is 4.26. The van der Waals surface area contributed by atoms with Gasteiger partial charge < -0.3 is 9.72 Å². The standard InChI is InChI=1S/C14H16N2O2/c1-10(8-11-6-4-3-5-7-11)13-15-9-12(16-13)14(17)18-2/h3-7,9-10H,8H2,1-2H3,(H,15,16)/t10-/m0/s1. The quantitative estimate of drug-likeness (QED) is 0.841. The first-order valence-corrected chi connectivity index (χ1v) is 5.88. The molecular weight excluding hydrogens is 228 g/mol. The van der Waals surface area contributed by atoms with Crippen molar-refractivity contribution in [3.05, 3.63) is 53.6 Å². The van der Waals surface area contributed by atoms with E-state index in [4.69, 9.17) is 0 Å². The van der Waals surface area contributed by atoms with Gasteiger partial charge in [-0.3, -0.25) is 0 Å². The molecule has 4 heteroatoms. The molecule has 0 spiro atoms. The highest BCUT2D eigenvalue weighted by Crippen LogP contribution is 2.17. The maximum absolute atomic E-state index is 11.3. The highest BCUT2D eigenvalue weighted by Gasteiger charge is 2.14. The van der Waals surface area contributed by atoms with Gasteiger partial charge in [-0.25, -0.2) is 9.78 Å². The summed E-state index contributed by atoms with van der Waals surface area (Å²) in [6, 6.07) is 10.2. The number of benzene rings is 1. The number of hydrogen-bond donors (Lipinski definition) is 1.